The van der Waals surface area contributed by atoms with Crippen molar-refractivity contribution in [3.63, 3.8) is 0 Å². The van der Waals surface area contributed by atoms with Gasteiger partial charge in [0, 0.05) is 25.7 Å². The smallest absolute Gasteiger partial charge is 0.410 e. The molecule has 0 spiro atoms. The van der Waals surface area contributed by atoms with Crippen molar-refractivity contribution in [1.82, 2.24) is 9.80 Å². The fraction of sp³-hybridized carbons (Fsp3) is 0.882. The molecule has 134 valence electrons. The highest BCUT2D eigenvalue weighted by molar-refractivity contribution is 5.68. The topological polar surface area (TPSA) is 70.1 Å². The van der Waals surface area contributed by atoms with Gasteiger partial charge in [0.25, 0.3) is 0 Å². The van der Waals surface area contributed by atoms with Crippen LogP contribution in [0, 0.1) is 5.41 Å². The van der Waals surface area contributed by atoms with Crippen LogP contribution in [-0.2, 0) is 9.53 Å². The monoisotopic (exact) mass is 328 g/mol. The molecule has 1 amide bonds. The number of hydrogen-bond acceptors (Lipinski definition) is 4. The summed E-state index contributed by atoms with van der Waals surface area (Å²) in [5.41, 5.74) is -0.688. The van der Waals surface area contributed by atoms with E-state index in [0.717, 1.165) is 26.1 Å². The Hall–Kier alpha value is -1.30. The van der Waals surface area contributed by atoms with Crippen LogP contribution in [0.4, 0.5) is 4.79 Å². The Morgan fingerprint density at radius 3 is 2.26 bits per heavy atom. The number of ether oxygens (including phenoxy) is 1. The second kappa shape index (κ2) is 7.51. The maximum Gasteiger partial charge on any atom is 0.410 e. The summed E-state index contributed by atoms with van der Waals surface area (Å²) in [6.07, 6.45) is 0.759. The molecule has 1 aliphatic heterocycles. The lowest BCUT2D eigenvalue weighted by molar-refractivity contribution is -0.139. The Kier molecular flexibility index (Phi) is 6.45. The SMILES string of the molecule is CC1CN(CCC(C)(C)CC(=O)O)CCN1C(=O)OC(C)(C)C. The van der Waals surface area contributed by atoms with E-state index in [-0.39, 0.29) is 24.0 Å². The molecule has 0 bridgehead atoms. The van der Waals surface area contributed by atoms with Gasteiger partial charge < -0.3 is 14.7 Å². The van der Waals surface area contributed by atoms with E-state index >= 15 is 0 Å². The summed E-state index contributed by atoms with van der Waals surface area (Å²) < 4.78 is 5.44. The van der Waals surface area contributed by atoms with Crippen molar-refractivity contribution >= 4 is 12.1 Å². The number of carboxylic acid groups (broad SMARTS) is 1. The third-order valence-corrected chi connectivity index (χ3v) is 4.07. The molecule has 1 saturated heterocycles. The van der Waals surface area contributed by atoms with Crippen molar-refractivity contribution in [2.75, 3.05) is 26.2 Å². The molecule has 1 N–H and O–H groups in total. The van der Waals surface area contributed by atoms with Gasteiger partial charge in [-0.05, 0) is 46.1 Å². The van der Waals surface area contributed by atoms with E-state index in [0.29, 0.717) is 6.54 Å². The molecule has 0 radical (unpaired) electrons. The average molecular weight is 328 g/mol. The summed E-state index contributed by atoms with van der Waals surface area (Å²) in [6, 6.07) is 0.0983. The predicted molar refractivity (Wildman–Crippen MR) is 89.5 cm³/mol. The van der Waals surface area contributed by atoms with Gasteiger partial charge in [0.1, 0.15) is 5.60 Å². The lowest BCUT2D eigenvalue weighted by atomic mass is 9.85. The highest BCUT2D eigenvalue weighted by Crippen LogP contribution is 2.26. The molecule has 1 unspecified atom stereocenters. The molecule has 0 aromatic heterocycles. The first-order valence-corrected chi connectivity index (χ1v) is 8.33. The summed E-state index contributed by atoms with van der Waals surface area (Å²) >= 11 is 0. The van der Waals surface area contributed by atoms with Crippen LogP contribution in [0.3, 0.4) is 0 Å². The summed E-state index contributed by atoms with van der Waals surface area (Å²) in [5, 5.41) is 8.95. The minimum atomic E-state index is -0.752. The Balaban J connectivity index is 2.46. The summed E-state index contributed by atoms with van der Waals surface area (Å²) in [4.78, 5) is 27.2. The summed E-state index contributed by atoms with van der Waals surface area (Å²) in [5.74, 6) is -0.752. The van der Waals surface area contributed by atoms with Gasteiger partial charge in [0.15, 0.2) is 0 Å². The number of carbonyl (C=O) groups excluding carboxylic acids is 1. The van der Waals surface area contributed by atoms with Crippen LogP contribution in [0.25, 0.3) is 0 Å². The van der Waals surface area contributed by atoms with E-state index < -0.39 is 11.6 Å². The number of hydrogen-bond donors (Lipinski definition) is 1. The molecule has 0 saturated carbocycles. The number of rotatable bonds is 5. The van der Waals surface area contributed by atoms with Crippen LogP contribution in [0.2, 0.25) is 0 Å². The average Bonchev–Trinajstić information content (AvgIpc) is 2.32. The molecular weight excluding hydrogens is 296 g/mol. The van der Waals surface area contributed by atoms with Crippen molar-refractivity contribution in [1.29, 1.82) is 0 Å². The van der Waals surface area contributed by atoms with Crippen LogP contribution in [0.5, 0.6) is 0 Å². The summed E-state index contributed by atoms with van der Waals surface area (Å²) in [6.45, 7) is 14.7. The summed E-state index contributed by atoms with van der Waals surface area (Å²) in [7, 11) is 0. The lowest BCUT2D eigenvalue weighted by Gasteiger charge is -2.41. The van der Waals surface area contributed by atoms with E-state index in [1.807, 2.05) is 41.5 Å². The van der Waals surface area contributed by atoms with Crippen LogP contribution in [0.15, 0.2) is 0 Å². The molecule has 0 aliphatic carbocycles. The van der Waals surface area contributed by atoms with E-state index in [4.69, 9.17) is 9.84 Å². The van der Waals surface area contributed by atoms with E-state index in [9.17, 15) is 9.59 Å². The maximum absolute atomic E-state index is 12.2. The van der Waals surface area contributed by atoms with E-state index in [2.05, 4.69) is 4.90 Å². The first-order chi connectivity index (χ1) is 10.4. The Bertz CT molecular complexity index is 429. The molecule has 1 rings (SSSR count). The van der Waals surface area contributed by atoms with Gasteiger partial charge in [0.05, 0.1) is 6.42 Å². The van der Waals surface area contributed by atoms with Gasteiger partial charge in [-0.1, -0.05) is 13.8 Å². The molecule has 1 heterocycles. The minimum absolute atomic E-state index is 0.0983. The Morgan fingerprint density at radius 1 is 1.17 bits per heavy atom. The molecule has 6 nitrogen and oxygen atoms in total. The number of nitrogens with zero attached hydrogens (tertiary/aromatic N) is 2. The number of piperazine rings is 1. The van der Waals surface area contributed by atoms with Gasteiger partial charge >= 0.3 is 12.1 Å². The van der Waals surface area contributed by atoms with Gasteiger partial charge in [-0.25, -0.2) is 4.79 Å². The molecule has 23 heavy (non-hydrogen) atoms. The zero-order valence-corrected chi connectivity index (χ0v) is 15.4. The quantitative estimate of drug-likeness (QED) is 0.840. The predicted octanol–water partition coefficient (Wildman–Crippen LogP) is 2.82. The van der Waals surface area contributed by atoms with Crippen molar-refractivity contribution in [2.24, 2.45) is 5.41 Å². The molecular formula is C17H32N2O4. The van der Waals surface area contributed by atoms with E-state index in [1.165, 1.54) is 0 Å². The van der Waals surface area contributed by atoms with Gasteiger partial charge in [-0.3, -0.25) is 9.69 Å². The Labute approximate surface area is 139 Å². The zero-order valence-electron chi connectivity index (χ0n) is 15.4. The van der Waals surface area contributed by atoms with Crippen LogP contribution >= 0.6 is 0 Å². The molecule has 0 aromatic carbocycles. The molecule has 6 heteroatoms. The number of aliphatic carboxylic acids is 1. The number of carboxylic acids is 1. The number of carbonyl (C=O) groups is 2. The first-order valence-electron chi connectivity index (χ1n) is 8.33. The second-order valence-electron chi connectivity index (χ2n) is 8.31. The van der Waals surface area contributed by atoms with Gasteiger partial charge in [-0.2, -0.15) is 0 Å². The van der Waals surface area contributed by atoms with Crippen molar-refractivity contribution in [2.45, 2.75) is 66.0 Å². The van der Waals surface area contributed by atoms with Crippen molar-refractivity contribution in [3.05, 3.63) is 0 Å². The van der Waals surface area contributed by atoms with Crippen LogP contribution < -0.4 is 0 Å². The number of amides is 1. The highest BCUT2D eigenvalue weighted by atomic mass is 16.6. The van der Waals surface area contributed by atoms with E-state index in [1.54, 1.807) is 4.90 Å². The maximum atomic E-state index is 12.2. The van der Waals surface area contributed by atoms with Crippen LogP contribution in [-0.4, -0.2) is 64.8 Å². The largest absolute Gasteiger partial charge is 0.481 e. The van der Waals surface area contributed by atoms with Gasteiger partial charge in [-0.15, -0.1) is 0 Å². The molecule has 0 aromatic rings. The van der Waals surface area contributed by atoms with Crippen LogP contribution in [0.1, 0.15) is 54.4 Å². The van der Waals surface area contributed by atoms with Crippen molar-refractivity contribution in [3.8, 4) is 0 Å². The highest BCUT2D eigenvalue weighted by Gasteiger charge is 2.31. The third-order valence-electron chi connectivity index (χ3n) is 4.07. The molecule has 1 atom stereocenters. The zero-order chi connectivity index (χ0) is 17.8. The minimum Gasteiger partial charge on any atom is -0.481 e. The molecule has 1 aliphatic rings. The van der Waals surface area contributed by atoms with Gasteiger partial charge in [0.2, 0.25) is 0 Å². The fourth-order valence-corrected chi connectivity index (χ4v) is 2.79. The second-order valence-corrected chi connectivity index (χ2v) is 8.31. The fourth-order valence-electron chi connectivity index (χ4n) is 2.79. The first kappa shape index (κ1) is 19.7. The standard InChI is InChI=1S/C17H32N2O4/c1-13-12-18(8-7-17(5,6)11-14(20)21)9-10-19(13)15(22)23-16(2,3)4/h13H,7-12H2,1-6H3,(H,20,21). The lowest BCUT2D eigenvalue weighted by Crippen LogP contribution is -2.55. The third kappa shape index (κ3) is 7.20. The normalized spacial score (nSPS) is 20.4. The van der Waals surface area contributed by atoms with Crippen molar-refractivity contribution < 1.29 is 19.4 Å². The Morgan fingerprint density at radius 2 is 1.78 bits per heavy atom. The molecule has 1 fully saturated rings.